The first-order valence-corrected chi connectivity index (χ1v) is 8.05. The molecule has 118 valence electrons. The molecule has 1 aliphatic rings. The van der Waals surface area contributed by atoms with E-state index < -0.39 is 0 Å². The van der Waals surface area contributed by atoms with E-state index in [1.54, 1.807) is 0 Å². The number of ether oxygens (including phenoxy) is 1. The molecule has 1 atom stereocenters. The van der Waals surface area contributed by atoms with E-state index in [-0.39, 0.29) is 0 Å². The maximum Gasteiger partial charge on any atom is 0.226 e. The normalized spacial score (nSPS) is 19.2. The van der Waals surface area contributed by atoms with Crippen LogP contribution in [0.1, 0.15) is 39.3 Å². The van der Waals surface area contributed by atoms with Crippen LogP contribution in [0.3, 0.4) is 0 Å². The Morgan fingerprint density at radius 1 is 1.43 bits per heavy atom. The van der Waals surface area contributed by atoms with E-state index >= 15 is 0 Å². The van der Waals surface area contributed by atoms with Crippen LogP contribution < -0.4 is 10.1 Å². The summed E-state index contributed by atoms with van der Waals surface area (Å²) in [5, 5.41) is 3.37. The van der Waals surface area contributed by atoms with Crippen LogP contribution in [0, 0.1) is 12.8 Å². The fourth-order valence-electron chi connectivity index (χ4n) is 2.63. The lowest BCUT2D eigenvalue weighted by Gasteiger charge is -2.20. The van der Waals surface area contributed by atoms with Crippen molar-refractivity contribution in [2.75, 3.05) is 31.6 Å². The first kappa shape index (κ1) is 16.0. The molecule has 0 saturated carbocycles. The number of hydrogen-bond donors (Lipinski definition) is 1. The zero-order valence-electron chi connectivity index (χ0n) is 13.7. The highest BCUT2D eigenvalue weighted by molar-refractivity contribution is 5.30. The molecule has 2 heterocycles. The molecule has 5 nitrogen and oxygen atoms in total. The van der Waals surface area contributed by atoms with Gasteiger partial charge in [0.15, 0.2) is 0 Å². The molecule has 1 aromatic heterocycles. The van der Waals surface area contributed by atoms with Gasteiger partial charge < -0.3 is 15.0 Å². The fourth-order valence-corrected chi connectivity index (χ4v) is 2.63. The van der Waals surface area contributed by atoms with Gasteiger partial charge in [0.25, 0.3) is 0 Å². The molecule has 2 rings (SSSR count). The summed E-state index contributed by atoms with van der Waals surface area (Å²) >= 11 is 0. The topological polar surface area (TPSA) is 50.3 Å². The average Bonchev–Trinajstić information content (AvgIpc) is 2.91. The minimum atomic E-state index is 0.638. The van der Waals surface area contributed by atoms with Crippen molar-refractivity contribution in [1.29, 1.82) is 0 Å². The van der Waals surface area contributed by atoms with Crippen molar-refractivity contribution in [2.45, 2.75) is 46.6 Å². The molecule has 1 N–H and O–H groups in total. The van der Waals surface area contributed by atoms with Gasteiger partial charge in [0.05, 0.1) is 6.61 Å². The number of likely N-dealkylation sites (tertiary alicyclic amines) is 1. The Kier molecular flexibility index (Phi) is 5.79. The molecular weight excluding hydrogens is 264 g/mol. The van der Waals surface area contributed by atoms with Gasteiger partial charge in [-0.15, -0.1) is 0 Å². The van der Waals surface area contributed by atoms with E-state index in [2.05, 4.69) is 41.0 Å². The van der Waals surface area contributed by atoms with Gasteiger partial charge in [-0.3, -0.25) is 0 Å². The Labute approximate surface area is 128 Å². The van der Waals surface area contributed by atoms with Gasteiger partial charge in [-0.1, -0.05) is 6.92 Å². The molecule has 0 aliphatic carbocycles. The third-order valence-electron chi connectivity index (χ3n) is 3.88. The largest absolute Gasteiger partial charge is 0.478 e. The van der Waals surface area contributed by atoms with Crippen LogP contribution in [0.25, 0.3) is 0 Å². The van der Waals surface area contributed by atoms with Gasteiger partial charge in [-0.05, 0) is 46.1 Å². The van der Waals surface area contributed by atoms with E-state index in [4.69, 9.17) is 4.74 Å². The Morgan fingerprint density at radius 2 is 2.24 bits per heavy atom. The standard InChI is InChI=1S/C16H28N4O/c1-5-8-21-15-9-13(4)18-16(19-15)17-10-14-6-7-20(11-14)12(2)3/h9,12,14H,5-8,10-11H2,1-4H3,(H,17,18,19). The highest BCUT2D eigenvalue weighted by Gasteiger charge is 2.24. The van der Waals surface area contributed by atoms with Gasteiger partial charge in [0, 0.05) is 30.9 Å². The van der Waals surface area contributed by atoms with E-state index in [9.17, 15) is 0 Å². The molecule has 1 saturated heterocycles. The lowest BCUT2D eigenvalue weighted by molar-refractivity contribution is 0.266. The highest BCUT2D eigenvalue weighted by Crippen LogP contribution is 2.19. The Bertz CT molecular complexity index is 450. The van der Waals surface area contributed by atoms with Crippen LogP contribution in [-0.4, -0.2) is 47.2 Å². The van der Waals surface area contributed by atoms with Crippen LogP contribution in [0.4, 0.5) is 5.95 Å². The SMILES string of the molecule is CCCOc1cc(C)nc(NCC2CCN(C(C)C)C2)n1. The van der Waals surface area contributed by atoms with Gasteiger partial charge in [-0.25, -0.2) is 4.98 Å². The van der Waals surface area contributed by atoms with Crippen LogP contribution in [-0.2, 0) is 0 Å². The van der Waals surface area contributed by atoms with E-state index in [1.165, 1.54) is 13.0 Å². The Balaban J connectivity index is 1.87. The van der Waals surface area contributed by atoms with E-state index in [1.807, 2.05) is 13.0 Å². The summed E-state index contributed by atoms with van der Waals surface area (Å²) in [6.45, 7) is 12.6. The molecule has 0 spiro atoms. The van der Waals surface area contributed by atoms with Crippen molar-refractivity contribution in [2.24, 2.45) is 5.92 Å². The lowest BCUT2D eigenvalue weighted by Crippen LogP contribution is -2.29. The quantitative estimate of drug-likeness (QED) is 0.837. The molecule has 1 unspecified atom stereocenters. The van der Waals surface area contributed by atoms with Crippen LogP contribution in [0.2, 0.25) is 0 Å². The van der Waals surface area contributed by atoms with Gasteiger partial charge in [0.2, 0.25) is 11.8 Å². The van der Waals surface area contributed by atoms with Crippen molar-refractivity contribution in [1.82, 2.24) is 14.9 Å². The van der Waals surface area contributed by atoms with Crippen molar-refractivity contribution < 1.29 is 4.74 Å². The van der Waals surface area contributed by atoms with Crippen LogP contribution in [0.5, 0.6) is 5.88 Å². The van der Waals surface area contributed by atoms with Crippen molar-refractivity contribution in [3.8, 4) is 5.88 Å². The molecule has 0 aromatic carbocycles. The third-order valence-corrected chi connectivity index (χ3v) is 3.88. The number of aryl methyl sites for hydroxylation is 1. The number of nitrogens with zero attached hydrogens (tertiary/aromatic N) is 3. The lowest BCUT2D eigenvalue weighted by atomic mass is 10.1. The van der Waals surface area contributed by atoms with Gasteiger partial charge >= 0.3 is 0 Å². The summed E-state index contributed by atoms with van der Waals surface area (Å²) in [7, 11) is 0. The molecule has 21 heavy (non-hydrogen) atoms. The Hall–Kier alpha value is -1.36. The molecular formula is C16H28N4O. The van der Waals surface area contributed by atoms with Crippen LogP contribution >= 0.6 is 0 Å². The monoisotopic (exact) mass is 292 g/mol. The second-order valence-corrected chi connectivity index (χ2v) is 6.14. The molecule has 1 aliphatic heterocycles. The van der Waals surface area contributed by atoms with E-state index in [0.29, 0.717) is 30.4 Å². The van der Waals surface area contributed by atoms with Gasteiger partial charge in [0.1, 0.15) is 0 Å². The summed E-state index contributed by atoms with van der Waals surface area (Å²) in [6.07, 6.45) is 2.23. The maximum atomic E-state index is 5.60. The predicted octanol–water partition coefficient (Wildman–Crippen LogP) is 2.72. The maximum absolute atomic E-state index is 5.60. The minimum Gasteiger partial charge on any atom is -0.478 e. The van der Waals surface area contributed by atoms with Crippen molar-refractivity contribution in [3.63, 3.8) is 0 Å². The first-order valence-electron chi connectivity index (χ1n) is 8.05. The Morgan fingerprint density at radius 3 is 2.90 bits per heavy atom. The molecule has 0 bridgehead atoms. The molecule has 0 amide bonds. The summed E-state index contributed by atoms with van der Waals surface area (Å²) in [5.74, 6) is 2.03. The molecule has 1 fully saturated rings. The highest BCUT2D eigenvalue weighted by atomic mass is 16.5. The van der Waals surface area contributed by atoms with E-state index in [0.717, 1.165) is 25.2 Å². The summed E-state index contributed by atoms with van der Waals surface area (Å²) in [4.78, 5) is 11.4. The van der Waals surface area contributed by atoms with Gasteiger partial charge in [-0.2, -0.15) is 4.98 Å². The summed E-state index contributed by atoms with van der Waals surface area (Å²) in [6, 6.07) is 2.52. The number of aromatic nitrogens is 2. The molecule has 0 radical (unpaired) electrons. The number of hydrogen-bond acceptors (Lipinski definition) is 5. The molecule has 5 heteroatoms. The van der Waals surface area contributed by atoms with Crippen LogP contribution in [0.15, 0.2) is 6.07 Å². The smallest absolute Gasteiger partial charge is 0.226 e. The second-order valence-electron chi connectivity index (χ2n) is 6.14. The zero-order chi connectivity index (χ0) is 15.2. The minimum absolute atomic E-state index is 0.638. The average molecular weight is 292 g/mol. The number of rotatable bonds is 7. The fraction of sp³-hybridized carbons (Fsp3) is 0.750. The molecule has 1 aromatic rings. The summed E-state index contributed by atoms with van der Waals surface area (Å²) < 4.78 is 5.60. The second kappa shape index (κ2) is 7.59. The van der Waals surface area contributed by atoms with Crippen molar-refractivity contribution in [3.05, 3.63) is 11.8 Å². The first-order chi connectivity index (χ1) is 10.1. The summed E-state index contributed by atoms with van der Waals surface area (Å²) in [5.41, 5.74) is 0.939. The number of nitrogens with one attached hydrogen (secondary N) is 1. The predicted molar refractivity (Wildman–Crippen MR) is 85.9 cm³/mol. The number of anilines is 1. The van der Waals surface area contributed by atoms with Crippen molar-refractivity contribution >= 4 is 5.95 Å². The zero-order valence-corrected chi connectivity index (χ0v) is 13.7. The third kappa shape index (κ3) is 4.84.